The van der Waals surface area contributed by atoms with Crippen LogP contribution in [0.1, 0.15) is 19.9 Å². The Morgan fingerprint density at radius 1 is 1.47 bits per heavy atom. The molecule has 2 aromatic rings. The molecule has 1 aromatic carbocycles. The van der Waals surface area contributed by atoms with Crippen molar-refractivity contribution in [3.63, 3.8) is 0 Å². The summed E-state index contributed by atoms with van der Waals surface area (Å²) in [4.78, 5) is 4.35. The number of rotatable bonds is 2. The number of aromatic nitrogens is 2. The zero-order valence-electron chi connectivity index (χ0n) is 8.66. The smallest absolute Gasteiger partial charge is 0.218 e. The van der Waals surface area contributed by atoms with Crippen LogP contribution in [-0.4, -0.2) is 9.55 Å². The van der Waals surface area contributed by atoms with Gasteiger partial charge in [0, 0.05) is 6.04 Å². The second-order valence-corrected chi connectivity index (χ2v) is 4.06. The van der Waals surface area contributed by atoms with Crippen molar-refractivity contribution < 1.29 is 0 Å². The molecule has 5 heteroatoms. The molecule has 4 nitrogen and oxygen atoms in total. The minimum absolute atomic E-state index is 0.277. The number of hydrazine groups is 1. The molecule has 0 aliphatic carbocycles. The fourth-order valence-corrected chi connectivity index (χ4v) is 1.92. The number of hydrogen-bond donors (Lipinski definition) is 2. The highest BCUT2D eigenvalue weighted by molar-refractivity contribution is 6.35. The molecular formula is C10H13ClN4. The van der Waals surface area contributed by atoms with E-state index in [-0.39, 0.29) is 6.04 Å². The lowest BCUT2D eigenvalue weighted by molar-refractivity contribution is 0.623. The third-order valence-corrected chi connectivity index (χ3v) is 2.62. The molecule has 0 amide bonds. The molecule has 0 radical (unpaired) electrons. The number of nitrogens with zero attached hydrogens (tertiary/aromatic N) is 2. The van der Waals surface area contributed by atoms with Gasteiger partial charge >= 0.3 is 0 Å². The maximum atomic E-state index is 6.06. The van der Waals surface area contributed by atoms with Crippen LogP contribution in [0.15, 0.2) is 18.2 Å². The van der Waals surface area contributed by atoms with Crippen LogP contribution in [-0.2, 0) is 0 Å². The van der Waals surface area contributed by atoms with Crippen LogP contribution in [0.2, 0.25) is 5.02 Å². The summed E-state index contributed by atoms with van der Waals surface area (Å²) in [6.45, 7) is 4.14. The van der Waals surface area contributed by atoms with Crippen LogP contribution in [0, 0.1) is 0 Å². The predicted molar refractivity (Wildman–Crippen MR) is 62.9 cm³/mol. The summed E-state index contributed by atoms with van der Waals surface area (Å²) in [7, 11) is 0. The van der Waals surface area contributed by atoms with Crippen molar-refractivity contribution in [2.45, 2.75) is 19.9 Å². The number of nitrogen functional groups attached to an aromatic ring is 1. The number of fused-ring (bicyclic) bond motifs is 1. The lowest BCUT2D eigenvalue weighted by Crippen LogP contribution is -2.14. The van der Waals surface area contributed by atoms with Gasteiger partial charge in [0.1, 0.15) is 5.52 Å². The van der Waals surface area contributed by atoms with Gasteiger partial charge in [-0.2, -0.15) is 0 Å². The van der Waals surface area contributed by atoms with Gasteiger partial charge in [0.15, 0.2) is 0 Å². The first-order valence-corrected chi connectivity index (χ1v) is 5.16. The molecular weight excluding hydrogens is 212 g/mol. The molecule has 0 aliphatic rings. The van der Waals surface area contributed by atoms with E-state index >= 15 is 0 Å². The van der Waals surface area contributed by atoms with E-state index in [1.54, 1.807) is 0 Å². The van der Waals surface area contributed by atoms with Gasteiger partial charge < -0.3 is 4.57 Å². The standard InChI is InChI=1S/C10H13ClN4/c1-6(2)15-8-5-3-4-7(11)9(8)13-10(15)14-12/h3-6H,12H2,1-2H3,(H,13,14). The van der Waals surface area contributed by atoms with Crippen LogP contribution in [0.4, 0.5) is 5.95 Å². The molecule has 0 bridgehead atoms. The van der Waals surface area contributed by atoms with Crippen molar-refractivity contribution in [3.8, 4) is 0 Å². The fraction of sp³-hybridized carbons (Fsp3) is 0.300. The number of halogens is 1. The van der Waals surface area contributed by atoms with Gasteiger partial charge in [-0.05, 0) is 26.0 Å². The van der Waals surface area contributed by atoms with Crippen molar-refractivity contribution >= 4 is 28.6 Å². The lowest BCUT2D eigenvalue weighted by atomic mass is 10.3. The molecule has 0 aliphatic heterocycles. The van der Waals surface area contributed by atoms with Gasteiger partial charge in [-0.3, -0.25) is 5.43 Å². The van der Waals surface area contributed by atoms with Crippen LogP contribution in [0.3, 0.4) is 0 Å². The molecule has 1 heterocycles. The third kappa shape index (κ3) is 1.56. The minimum atomic E-state index is 0.277. The quantitative estimate of drug-likeness (QED) is 0.609. The van der Waals surface area contributed by atoms with Crippen LogP contribution >= 0.6 is 11.6 Å². The first-order chi connectivity index (χ1) is 7.15. The molecule has 0 unspecified atom stereocenters. The van der Waals surface area contributed by atoms with Gasteiger partial charge in [-0.15, -0.1) is 0 Å². The molecule has 80 valence electrons. The molecule has 0 spiro atoms. The zero-order valence-corrected chi connectivity index (χ0v) is 9.42. The van der Waals surface area contributed by atoms with Gasteiger partial charge in [0.05, 0.1) is 10.5 Å². The van der Waals surface area contributed by atoms with E-state index in [4.69, 9.17) is 17.4 Å². The normalized spacial score (nSPS) is 11.3. The van der Waals surface area contributed by atoms with Gasteiger partial charge in [0.2, 0.25) is 5.95 Å². The second-order valence-electron chi connectivity index (χ2n) is 3.65. The van der Waals surface area contributed by atoms with Crippen LogP contribution in [0.25, 0.3) is 11.0 Å². The highest BCUT2D eigenvalue weighted by Gasteiger charge is 2.13. The Morgan fingerprint density at radius 3 is 2.80 bits per heavy atom. The summed E-state index contributed by atoms with van der Waals surface area (Å²) in [5.74, 6) is 6.06. The Balaban J connectivity index is 2.80. The third-order valence-electron chi connectivity index (χ3n) is 2.32. The number of benzene rings is 1. The monoisotopic (exact) mass is 224 g/mol. The molecule has 0 atom stereocenters. The Bertz CT molecular complexity index is 489. The molecule has 2 rings (SSSR count). The van der Waals surface area contributed by atoms with Crippen molar-refractivity contribution in [1.29, 1.82) is 0 Å². The fourth-order valence-electron chi connectivity index (χ4n) is 1.71. The molecule has 0 saturated carbocycles. The van der Waals surface area contributed by atoms with Crippen LogP contribution < -0.4 is 11.3 Å². The van der Waals surface area contributed by atoms with E-state index in [2.05, 4.69) is 24.3 Å². The maximum Gasteiger partial charge on any atom is 0.218 e. The Hall–Kier alpha value is -1.26. The summed E-state index contributed by atoms with van der Waals surface area (Å²) < 4.78 is 2.02. The number of imidazole rings is 1. The van der Waals surface area contributed by atoms with Crippen LogP contribution in [0.5, 0.6) is 0 Å². The highest BCUT2D eigenvalue weighted by Crippen LogP contribution is 2.28. The minimum Gasteiger partial charge on any atom is -0.307 e. The summed E-state index contributed by atoms with van der Waals surface area (Å²) in [5.41, 5.74) is 4.36. The Labute approximate surface area is 93.0 Å². The van der Waals surface area contributed by atoms with Gasteiger partial charge in [0.25, 0.3) is 0 Å². The Morgan fingerprint density at radius 2 is 2.20 bits per heavy atom. The summed E-state index contributed by atoms with van der Waals surface area (Å²) in [5, 5.41) is 0.642. The molecule has 0 fully saturated rings. The van der Waals surface area contributed by atoms with Crippen molar-refractivity contribution in [3.05, 3.63) is 23.2 Å². The molecule has 3 N–H and O–H groups in total. The average Bonchev–Trinajstić information content (AvgIpc) is 2.57. The van der Waals surface area contributed by atoms with E-state index in [0.717, 1.165) is 11.0 Å². The summed E-state index contributed by atoms with van der Waals surface area (Å²) in [6.07, 6.45) is 0. The summed E-state index contributed by atoms with van der Waals surface area (Å²) >= 11 is 6.06. The number of hydrogen-bond acceptors (Lipinski definition) is 3. The topological polar surface area (TPSA) is 55.9 Å². The van der Waals surface area contributed by atoms with Crippen molar-refractivity contribution in [2.24, 2.45) is 5.84 Å². The first-order valence-electron chi connectivity index (χ1n) is 4.78. The van der Waals surface area contributed by atoms with E-state index < -0.39 is 0 Å². The van der Waals surface area contributed by atoms with Gasteiger partial charge in [-0.25, -0.2) is 10.8 Å². The molecule has 0 saturated heterocycles. The zero-order chi connectivity index (χ0) is 11.0. The van der Waals surface area contributed by atoms with Gasteiger partial charge in [-0.1, -0.05) is 17.7 Å². The number of para-hydroxylation sites is 1. The van der Waals surface area contributed by atoms with Crippen molar-refractivity contribution in [1.82, 2.24) is 9.55 Å². The average molecular weight is 225 g/mol. The lowest BCUT2D eigenvalue weighted by Gasteiger charge is -2.11. The van der Waals surface area contributed by atoms with E-state index in [1.807, 2.05) is 22.8 Å². The second kappa shape index (κ2) is 3.72. The molecule has 1 aromatic heterocycles. The number of nitrogens with two attached hydrogens (primary N) is 1. The SMILES string of the molecule is CC(C)n1c(NN)nc2c(Cl)cccc21. The number of anilines is 1. The highest BCUT2D eigenvalue weighted by atomic mass is 35.5. The van der Waals surface area contributed by atoms with Crippen molar-refractivity contribution in [2.75, 3.05) is 5.43 Å². The van der Waals surface area contributed by atoms with E-state index in [0.29, 0.717) is 11.0 Å². The van der Waals surface area contributed by atoms with E-state index in [1.165, 1.54) is 0 Å². The maximum absolute atomic E-state index is 6.06. The van der Waals surface area contributed by atoms with E-state index in [9.17, 15) is 0 Å². The first kappa shape index (κ1) is 10.3. The largest absolute Gasteiger partial charge is 0.307 e. The summed E-state index contributed by atoms with van der Waals surface area (Å²) in [6, 6.07) is 5.99. The predicted octanol–water partition coefficient (Wildman–Crippen LogP) is 2.56. The Kier molecular flexibility index (Phi) is 2.54. The number of nitrogens with one attached hydrogen (secondary N) is 1. The molecule has 15 heavy (non-hydrogen) atoms.